The third-order valence-corrected chi connectivity index (χ3v) is 2.78. The number of carbonyl (C=O) groups excluding carboxylic acids is 1. The number of hydrogen-bond donors (Lipinski definition) is 1. The minimum absolute atomic E-state index is 0.0671. The van der Waals surface area contributed by atoms with Crippen LogP contribution in [-0.2, 0) is 9.53 Å². The fourth-order valence-electron chi connectivity index (χ4n) is 1.75. The second-order valence-corrected chi connectivity index (χ2v) is 4.18. The summed E-state index contributed by atoms with van der Waals surface area (Å²) in [4.78, 5) is 16.1. The van der Waals surface area contributed by atoms with Crippen molar-refractivity contribution in [1.82, 2.24) is 4.98 Å². The lowest BCUT2D eigenvalue weighted by Crippen LogP contribution is -2.19. The molecule has 1 aromatic heterocycles. The molecule has 0 aliphatic heterocycles. The SMILES string of the molecule is COC(C)CC(=O)Nc1cccc2cccnc12. The quantitative estimate of drug-likeness (QED) is 0.899. The van der Waals surface area contributed by atoms with Crippen molar-refractivity contribution in [1.29, 1.82) is 0 Å². The zero-order valence-corrected chi connectivity index (χ0v) is 10.5. The molecule has 94 valence electrons. The number of methoxy groups -OCH3 is 1. The lowest BCUT2D eigenvalue weighted by Gasteiger charge is -2.11. The number of carbonyl (C=O) groups is 1. The third-order valence-electron chi connectivity index (χ3n) is 2.78. The summed E-state index contributed by atoms with van der Waals surface area (Å²) in [5.41, 5.74) is 1.54. The summed E-state index contributed by atoms with van der Waals surface area (Å²) in [6, 6.07) is 9.57. The van der Waals surface area contributed by atoms with E-state index < -0.39 is 0 Å². The predicted molar refractivity (Wildman–Crippen MR) is 71.5 cm³/mol. The molecule has 0 spiro atoms. The summed E-state index contributed by atoms with van der Waals surface area (Å²) in [6.07, 6.45) is 1.96. The second kappa shape index (κ2) is 5.60. The van der Waals surface area contributed by atoms with E-state index in [2.05, 4.69) is 10.3 Å². The van der Waals surface area contributed by atoms with Crippen LogP contribution in [0.15, 0.2) is 36.5 Å². The molecule has 18 heavy (non-hydrogen) atoms. The van der Waals surface area contributed by atoms with E-state index >= 15 is 0 Å². The molecule has 0 aliphatic rings. The first-order chi connectivity index (χ1) is 8.70. The van der Waals surface area contributed by atoms with Gasteiger partial charge in [0, 0.05) is 18.7 Å². The molecular weight excluding hydrogens is 228 g/mol. The second-order valence-electron chi connectivity index (χ2n) is 4.18. The maximum atomic E-state index is 11.8. The van der Waals surface area contributed by atoms with Gasteiger partial charge in [-0.2, -0.15) is 0 Å². The van der Waals surface area contributed by atoms with Crippen LogP contribution in [-0.4, -0.2) is 24.1 Å². The van der Waals surface area contributed by atoms with Crippen molar-refractivity contribution in [2.45, 2.75) is 19.4 Å². The molecule has 2 aromatic rings. The highest BCUT2D eigenvalue weighted by Crippen LogP contribution is 2.20. The molecule has 1 aromatic carbocycles. The molecule has 1 atom stereocenters. The van der Waals surface area contributed by atoms with Gasteiger partial charge < -0.3 is 10.1 Å². The van der Waals surface area contributed by atoms with Crippen molar-refractivity contribution in [3.8, 4) is 0 Å². The number of ether oxygens (including phenoxy) is 1. The molecular formula is C14H16N2O2. The number of pyridine rings is 1. The van der Waals surface area contributed by atoms with Crippen molar-refractivity contribution < 1.29 is 9.53 Å². The van der Waals surface area contributed by atoms with Gasteiger partial charge in [-0.25, -0.2) is 0 Å². The van der Waals surface area contributed by atoms with Crippen LogP contribution in [0.5, 0.6) is 0 Å². The zero-order valence-electron chi connectivity index (χ0n) is 10.5. The van der Waals surface area contributed by atoms with Gasteiger partial charge in [-0.1, -0.05) is 18.2 Å². The van der Waals surface area contributed by atoms with Gasteiger partial charge in [0.25, 0.3) is 0 Å². The molecule has 1 heterocycles. The largest absolute Gasteiger partial charge is 0.381 e. The number of benzene rings is 1. The van der Waals surface area contributed by atoms with Crippen LogP contribution in [0.2, 0.25) is 0 Å². The molecule has 0 saturated heterocycles. The number of rotatable bonds is 4. The summed E-state index contributed by atoms with van der Waals surface area (Å²) in [6.45, 7) is 1.86. The first-order valence-electron chi connectivity index (χ1n) is 5.87. The van der Waals surface area contributed by atoms with Gasteiger partial charge in [-0.15, -0.1) is 0 Å². The topological polar surface area (TPSA) is 51.2 Å². The van der Waals surface area contributed by atoms with Gasteiger partial charge in [0.2, 0.25) is 5.91 Å². The molecule has 0 saturated carbocycles. The Morgan fingerprint density at radius 2 is 2.17 bits per heavy atom. The number of fused-ring (bicyclic) bond motifs is 1. The average Bonchev–Trinajstić information content (AvgIpc) is 2.39. The minimum Gasteiger partial charge on any atom is -0.381 e. The molecule has 0 fully saturated rings. The van der Waals surface area contributed by atoms with E-state index in [-0.39, 0.29) is 12.0 Å². The van der Waals surface area contributed by atoms with E-state index in [4.69, 9.17) is 4.74 Å². The number of nitrogens with one attached hydrogen (secondary N) is 1. The molecule has 2 rings (SSSR count). The number of para-hydroxylation sites is 1. The van der Waals surface area contributed by atoms with Crippen molar-refractivity contribution >= 4 is 22.5 Å². The molecule has 4 heteroatoms. The highest BCUT2D eigenvalue weighted by molar-refractivity contribution is 6.00. The Morgan fingerprint density at radius 3 is 2.94 bits per heavy atom. The Morgan fingerprint density at radius 1 is 1.39 bits per heavy atom. The van der Waals surface area contributed by atoms with E-state index in [0.29, 0.717) is 6.42 Å². The van der Waals surface area contributed by atoms with Crippen LogP contribution in [0.1, 0.15) is 13.3 Å². The van der Waals surface area contributed by atoms with E-state index in [0.717, 1.165) is 16.6 Å². The average molecular weight is 244 g/mol. The lowest BCUT2D eigenvalue weighted by molar-refractivity contribution is -0.118. The monoisotopic (exact) mass is 244 g/mol. The highest BCUT2D eigenvalue weighted by atomic mass is 16.5. The number of nitrogens with zero attached hydrogens (tertiary/aromatic N) is 1. The predicted octanol–water partition coefficient (Wildman–Crippen LogP) is 2.60. The Balaban J connectivity index is 2.19. The maximum Gasteiger partial charge on any atom is 0.227 e. The van der Waals surface area contributed by atoms with Crippen molar-refractivity contribution in [3.05, 3.63) is 36.5 Å². The zero-order chi connectivity index (χ0) is 13.0. The number of anilines is 1. The number of aromatic nitrogens is 1. The Bertz CT molecular complexity index is 549. The normalized spacial score (nSPS) is 12.3. The standard InChI is InChI=1S/C14H16N2O2/c1-10(18-2)9-13(17)16-12-7-3-5-11-6-4-8-15-14(11)12/h3-8,10H,9H2,1-2H3,(H,16,17). The summed E-state index contributed by atoms with van der Waals surface area (Å²) in [5, 5.41) is 3.88. The van der Waals surface area contributed by atoms with Crippen molar-refractivity contribution in [3.63, 3.8) is 0 Å². The van der Waals surface area contributed by atoms with Gasteiger partial charge in [-0.3, -0.25) is 9.78 Å². The molecule has 1 N–H and O–H groups in total. The summed E-state index contributed by atoms with van der Waals surface area (Å²) < 4.78 is 5.07. The molecule has 0 bridgehead atoms. The number of amides is 1. The molecule has 0 aliphatic carbocycles. The van der Waals surface area contributed by atoms with Crippen LogP contribution >= 0.6 is 0 Å². The van der Waals surface area contributed by atoms with E-state index in [1.54, 1.807) is 13.3 Å². The van der Waals surface area contributed by atoms with Gasteiger partial charge >= 0.3 is 0 Å². The van der Waals surface area contributed by atoms with Gasteiger partial charge in [0.1, 0.15) is 0 Å². The Hall–Kier alpha value is -1.94. The lowest BCUT2D eigenvalue weighted by atomic mass is 10.2. The molecule has 1 amide bonds. The van der Waals surface area contributed by atoms with E-state index in [1.165, 1.54) is 0 Å². The first kappa shape index (κ1) is 12.5. The van der Waals surface area contributed by atoms with Crippen LogP contribution in [0, 0.1) is 0 Å². The molecule has 0 radical (unpaired) electrons. The van der Waals surface area contributed by atoms with Crippen LogP contribution in [0.3, 0.4) is 0 Å². The van der Waals surface area contributed by atoms with Gasteiger partial charge in [0.05, 0.1) is 23.7 Å². The first-order valence-corrected chi connectivity index (χ1v) is 5.87. The highest BCUT2D eigenvalue weighted by Gasteiger charge is 2.10. The molecule has 4 nitrogen and oxygen atoms in total. The minimum atomic E-state index is -0.0899. The fourth-order valence-corrected chi connectivity index (χ4v) is 1.75. The van der Waals surface area contributed by atoms with Crippen LogP contribution in [0.25, 0.3) is 10.9 Å². The van der Waals surface area contributed by atoms with E-state index in [1.807, 2.05) is 37.3 Å². The van der Waals surface area contributed by atoms with Crippen molar-refractivity contribution in [2.24, 2.45) is 0 Å². The summed E-state index contributed by atoms with van der Waals surface area (Å²) in [7, 11) is 1.59. The maximum absolute atomic E-state index is 11.8. The van der Waals surface area contributed by atoms with E-state index in [9.17, 15) is 4.79 Å². The Labute approximate surface area is 106 Å². The molecule has 1 unspecified atom stereocenters. The van der Waals surface area contributed by atoms with Crippen LogP contribution < -0.4 is 5.32 Å². The summed E-state index contributed by atoms with van der Waals surface area (Å²) >= 11 is 0. The Kier molecular flexibility index (Phi) is 3.89. The smallest absolute Gasteiger partial charge is 0.227 e. The third kappa shape index (κ3) is 2.84. The van der Waals surface area contributed by atoms with Gasteiger partial charge in [0.15, 0.2) is 0 Å². The fraction of sp³-hybridized carbons (Fsp3) is 0.286. The number of hydrogen-bond acceptors (Lipinski definition) is 3. The summed E-state index contributed by atoms with van der Waals surface area (Å²) in [5.74, 6) is -0.0671. The van der Waals surface area contributed by atoms with Gasteiger partial charge in [-0.05, 0) is 19.1 Å². The van der Waals surface area contributed by atoms with Crippen molar-refractivity contribution in [2.75, 3.05) is 12.4 Å². The van der Waals surface area contributed by atoms with Crippen LogP contribution in [0.4, 0.5) is 5.69 Å².